The van der Waals surface area contributed by atoms with Crippen LogP contribution in [0.2, 0.25) is 0 Å². The van der Waals surface area contributed by atoms with Crippen LogP contribution in [-0.4, -0.2) is 74.0 Å². The van der Waals surface area contributed by atoms with Crippen molar-refractivity contribution < 1.29 is 24.2 Å². The van der Waals surface area contributed by atoms with E-state index in [1.165, 1.54) is 0 Å². The first-order chi connectivity index (χ1) is 11.7. The summed E-state index contributed by atoms with van der Waals surface area (Å²) in [5, 5.41) is 14.1. The molecule has 0 amide bonds. The first-order valence-electron chi connectivity index (χ1n) is 8.25. The third-order valence-corrected chi connectivity index (χ3v) is 4.02. The number of morpholine rings is 1. The van der Waals surface area contributed by atoms with Crippen molar-refractivity contribution in [3.8, 4) is 11.5 Å². The van der Waals surface area contributed by atoms with E-state index < -0.39 is 6.10 Å². The smallest absolute Gasteiger partial charge is 0.174 e. The number of fused-ring (bicyclic) bond motifs is 1. The normalized spacial score (nSPS) is 22.9. The van der Waals surface area contributed by atoms with Gasteiger partial charge in [-0.15, -0.1) is 0 Å². The fraction of sp³-hybridized carbons (Fsp3) is 0.588. The Morgan fingerprint density at radius 3 is 2.88 bits per heavy atom. The molecule has 1 aromatic rings. The first kappa shape index (κ1) is 17.0. The lowest BCUT2D eigenvalue weighted by molar-refractivity contribution is -0.0137. The lowest BCUT2D eigenvalue weighted by Crippen LogP contribution is -2.42. The van der Waals surface area contributed by atoms with Gasteiger partial charge in [0.1, 0.15) is 19.3 Å². The summed E-state index contributed by atoms with van der Waals surface area (Å²) in [5.41, 5.74) is 0.683. The second kappa shape index (κ2) is 8.32. The van der Waals surface area contributed by atoms with Crippen LogP contribution in [0.5, 0.6) is 11.5 Å². The van der Waals surface area contributed by atoms with Crippen LogP contribution < -0.4 is 9.47 Å². The zero-order chi connectivity index (χ0) is 16.8. The maximum absolute atomic E-state index is 10.0. The fourth-order valence-electron chi connectivity index (χ4n) is 2.64. The van der Waals surface area contributed by atoms with Crippen molar-refractivity contribution in [3.05, 3.63) is 24.3 Å². The maximum Gasteiger partial charge on any atom is 0.174 e. The average Bonchev–Trinajstić information content (AvgIpc) is 2.62. The zero-order valence-electron chi connectivity index (χ0n) is 13.9. The average molecular weight is 336 g/mol. The maximum atomic E-state index is 10.0. The Bertz CT molecular complexity index is 560. The van der Waals surface area contributed by atoms with Gasteiger partial charge in [-0.2, -0.15) is 0 Å². The molecule has 7 heteroatoms. The summed E-state index contributed by atoms with van der Waals surface area (Å²) in [6.45, 7) is 6.05. The van der Waals surface area contributed by atoms with Crippen molar-refractivity contribution in [1.29, 1.82) is 0 Å². The topological polar surface area (TPSA) is 72.8 Å². The van der Waals surface area contributed by atoms with Gasteiger partial charge in [0, 0.05) is 19.6 Å². The summed E-state index contributed by atoms with van der Waals surface area (Å²) in [5.74, 6) is 1.44. The van der Waals surface area contributed by atoms with Crippen molar-refractivity contribution in [1.82, 2.24) is 4.90 Å². The van der Waals surface area contributed by atoms with Crippen LogP contribution in [0.1, 0.15) is 6.92 Å². The highest BCUT2D eigenvalue weighted by atomic mass is 16.6. The first-order valence-corrected chi connectivity index (χ1v) is 8.25. The number of aliphatic hydroxyl groups excluding tert-OH is 1. The van der Waals surface area contributed by atoms with Crippen LogP contribution >= 0.6 is 0 Å². The summed E-state index contributed by atoms with van der Waals surface area (Å²) in [6.07, 6.45) is -0.861. The van der Waals surface area contributed by atoms with E-state index >= 15 is 0 Å². The number of hydrogen-bond donors (Lipinski definition) is 1. The third kappa shape index (κ3) is 4.59. The predicted molar refractivity (Wildman–Crippen MR) is 88.7 cm³/mol. The molecule has 0 spiro atoms. The second-order valence-corrected chi connectivity index (χ2v) is 5.96. The van der Waals surface area contributed by atoms with E-state index in [0.717, 1.165) is 18.8 Å². The molecule has 1 aromatic carbocycles. The molecule has 1 fully saturated rings. The Balaban J connectivity index is 1.43. The summed E-state index contributed by atoms with van der Waals surface area (Å²) >= 11 is 0. The van der Waals surface area contributed by atoms with Crippen LogP contribution in [0.25, 0.3) is 0 Å². The predicted octanol–water partition coefficient (Wildman–Crippen LogP) is 0.912. The number of hydrogen-bond acceptors (Lipinski definition) is 7. The van der Waals surface area contributed by atoms with E-state index in [-0.39, 0.29) is 12.7 Å². The van der Waals surface area contributed by atoms with Crippen LogP contribution in [0, 0.1) is 0 Å². The molecule has 2 aliphatic heterocycles. The molecule has 132 valence electrons. The summed E-state index contributed by atoms with van der Waals surface area (Å²) in [4.78, 5) is 7.44. The van der Waals surface area contributed by atoms with Crippen molar-refractivity contribution in [3.63, 3.8) is 0 Å². The van der Waals surface area contributed by atoms with Gasteiger partial charge in [-0.3, -0.25) is 4.90 Å². The van der Waals surface area contributed by atoms with Gasteiger partial charge in [0.25, 0.3) is 0 Å². The molecule has 0 bridgehead atoms. The largest absolute Gasteiger partial charge is 0.485 e. The lowest BCUT2D eigenvalue weighted by atomic mass is 10.2. The molecule has 0 aromatic heterocycles. The number of ether oxygens (including phenoxy) is 3. The molecule has 2 heterocycles. The third-order valence-electron chi connectivity index (χ3n) is 4.02. The van der Waals surface area contributed by atoms with E-state index in [2.05, 4.69) is 10.1 Å². The van der Waals surface area contributed by atoms with E-state index in [0.29, 0.717) is 37.8 Å². The second-order valence-electron chi connectivity index (χ2n) is 5.96. The molecule has 0 radical (unpaired) electrons. The minimum atomic E-state index is -0.580. The van der Waals surface area contributed by atoms with Gasteiger partial charge in [0.15, 0.2) is 17.6 Å². The Morgan fingerprint density at radius 2 is 2.08 bits per heavy atom. The molecule has 1 saturated heterocycles. The van der Waals surface area contributed by atoms with Gasteiger partial charge in [-0.05, 0) is 19.1 Å². The lowest BCUT2D eigenvalue weighted by Gasteiger charge is -2.28. The van der Waals surface area contributed by atoms with Crippen molar-refractivity contribution in [2.45, 2.75) is 19.1 Å². The van der Waals surface area contributed by atoms with E-state index in [4.69, 9.17) is 19.0 Å². The van der Waals surface area contributed by atoms with Crippen LogP contribution in [0.15, 0.2) is 29.4 Å². The van der Waals surface area contributed by atoms with E-state index in [1.54, 1.807) is 0 Å². The number of aliphatic hydroxyl groups is 1. The number of para-hydroxylation sites is 2. The molecule has 3 rings (SSSR count). The number of rotatable bonds is 6. The van der Waals surface area contributed by atoms with Gasteiger partial charge in [0.05, 0.1) is 18.9 Å². The molecule has 2 atom stereocenters. The van der Waals surface area contributed by atoms with E-state index in [9.17, 15) is 5.11 Å². The van der Waals surface area contributed by atoms with Crippen LogP contribution in [0.4, 0.5) is 0 Å². The van der Waals surface area contributed by atoms with Crippen molar-refractivity contribution in [2.24, 2.45) is 5.16 Å². The fourth-order valence-corrected chi connectivity index (χ4v) is 2.64. The highest BCUT2D eigenvalue weighted by molar-refractivity contribution is 5.86. The Morgan fingerprint density at radius 1 is 1.33 bits per heavy atom. The van der Waals surface area contributed by atoms with Gasteiger partial charge >= 0.3 is 0 Å². The number of oxime groups is 1. The van der Waals surface area contributed by atoms with Gasteiger partial charge in [0.2, 0.25) is 0 Å². The summed E-state index contributed by atoms with van der Waals surface area (Å²) in [6, 6.07) is 7.54. The molecule has 0 saturated carbocycles. The Hall–Kier alpha value is -1.83. The molecule has 0 aliphatic carbocycles. The van der Waals surface area contributed by atoms with Crippen LogP contribution in [0.3, 0.4) is 0 Å². The van der Waals surface area contributed by atoms with Gasteiger partial charge < -0.3 is 24.2 Å². The summed E-state index contributed by atoms with van der Waals surface area (Å²) in [7, 11) is 0. The zero-order valence-corrected chi connectivity index (χ0v) is 13.9. The molecule has 1 N–H and O–H groups in total. The highest BCUT2D eigenvalue weighted by Gasteiger charge is 2.23. The molecule has 2 aliphatic rings. The molecular formula is C17H24N2O5. The van der Waals surface area contributed by atoms with Gasteiger partial charge in [-0.25, -0.2) is 0 Å². The summed E-state index contributed by atoms with van der Waals surface area (Å²) < 4.78 is 16.8. The molecule has 0 unspecified atom stereocenters. The Kier molecular flexibility index (Phi) is 5.90. The monoisotopic (exact) mass is 336 g/mol. The minimum absolute atomic E-state index is 0.152. The molecule has 7 nitrogen and oxygen atoms in total. The molecule has 24 heavy (non-hydrogen) atoms. The SMILES string of the molecule is C/C(=N/OC[C@H](O)CN1CCOCC1)[C@@H]1COc2ccccc2O1. The number of nitrogens with zero attached hydrogens (tertiary/aromatic N) is 2. The number of β-amino-alcohol motifs (C(OH)–C–C–N with tert-alkyl or cyclic N) is 1. The van der Waals surface area contributed by atoms with Crippen molar-refractivity contribution >= 4 is 5.71 Å². The van der Waals surface area contributed by atoms with Crippen LogP contribution in [-0.2, 0) is 9.57 Å². The number of benzene rings is 1. The van der Waals surface area contributed by atoms with E-state index in [1.807, 2.05) is 31.2 Å². The standard InChI is InChI=1S/C17H24N2O5/c1-13(17-12-22-15-4-2-3-5-16(15)24-17)18-23-11-14(20)10-19-6-8-21-9-7-19/h2-5,14,17,20H,6-12H2,1H3/b18-13-/t14-,17+/m1/s1. The quantitative estimate of drug-likeness (QED) is 0.615. The van der Waals surface area contributed by atoms with Crippen molar-refractivity contribution in [2.75, 3.05) is 46.1 Å². The van der Waals surface area contributed by atoms with Gasteiger partial charge in [-0.1, -0.05) is 17.3 Å². The molecular weight excluding hydrogens is 312 g/mol. The minimum Gasteiger partial charge on any atom is -0.485 e. The Labute approximate surface area is 141 Å². The highest BCUT2D eigenvalue weighted by Crippen LogP contribution is 2.31.